The molecule has 102 valence electrons. The van der Waals surface area contributed by atoms with Crippen LogP contribution in [-0.2, 0) is 6.18 Å². The lowest BCUT2D eigenvalue weighted by molar-refractivity contribution is -0.141. The summed E-state index contributed by atoms with van der Waals surface area (Å²) in [5.74, 6) is -1.11. The van der Waals surface area contributed by atoms with Gasteiger partial charge in [-0.25, -0.2) is 9.67 Å². The maximum atomic E-state index is 12.6. The molecule has 0 atom stereocenters. The first-order valence-electron chi connectivity index (χ1n) is 5.16. The van der Waals surface area contributed by atoms with Crippen LogP contribution >= 0.6 is 0 Å². The zero-order valence-electron chi connectivity index (χ0n) is 9.72. The Labute approximate surface area is 110 Å². The van der Waals surface area contributed by atoms with E-state index in [2.05, 4.69) is 10.1 Å². The molecule has 0 aliphatic carbocycles. The molecular formula is C11H6F3N5O. The number of nitriles is 1. The summed E-state index contributed by atoms with van der Waals surface area (Å²) in [6.07, 6.45) is -2.47. The quantitative estimate of drug-likeness (QED) is 0.895. The Kier molecular flexibility index (Phi) is 3.15. The summed E-state index contributed by atoms with van der Waals surface area (Å²) in [6.45, 7) is 0. The summed E-state index contributed by atoms with van der Waals surface area (Å²) in [5.41, 5.74) is 3.73. The molecule has 6 nitrogen and oxygen atoms in total. The first kappa shape index (κ1) is 13.5. The molecule has 0 saturated carbocycles. The summed E-state index contributed by atoms with van der Waals surface area (Å²) in [6, 6.07) is 3.38. The van der Waals surface area contributed by atoms with Crippen LogP contribution in [0.15, 0.2) is 24.5 Å². The summed E-state index contributed by atoms with van der Waals surface area (Å²) in [4.78, 5) is 14.3. The van der Waals surface area contributed by atoms with E-state index in [9.17, 15) is 18.0 Å². The molecule has 2 heterocycles. The Morgan fingerprint density at radius 1 is 1.40 bits per heavy atom. The third-order valence-electron chi connectivity index (χ3n) is 2.37. The van der Waals surface area contributed by atoms with Gasteiger partial charge in [0, 0.05) is 6.20 Å². The maximum absolute atomic E-state index is 12.6. The van der Waals surface area contributed by atoms with Crippen molar-refractivity contribution >= 4 is 5.91 Å². The minimum Gasteiger partial charge on any atom is -0.366 e. The van der Waals surface area contributed by atoms with Crippen molar-refractivity contribution in [3.8, 4) is 11.9 Å². The van der Waals surface area contributed by atoms with Crippen molar-refractivity contribution in [3.63, 3.8) is 0 Å². The van der Waals surface area contributed by atoms with Gasteiger partial charge < -0.3 is 5.73 Å². The fraction of sp³-hybridized carbons (Fsp3) is 0.0909. The Morgan fingerprint density at radius 2 is 2.10 bits per heavy atom. The maximum Gasteiger partial charge on any atom is 0.433 e. The van der Waals surface area contributed by atoms with Crippen LogP contribution < -0.4 is 5.73 Å². The number of pyridine rings is 1. The molecule has 0 bridgehead atoms. The number of alkyl halides is 3. The highest BCUT2D eigenvalue weighted by Gasteiger charge is 2.33. The highest BCUT2D eigenvalue weighted by molar-refractivity contribution is 5.92. The monoisotopic (exact) mass is 281 g/mol. The molecule has 1 amide bonds. The number of amides is 1. The topological polar surface area (TPSA) is 97.6 Å². The van der Waals surface area contributed by atoms with E-state index in [0.29, 0.717) is 6.07 Å². The summed E-state index contributed by atoms with van der Waals surface area (Å²) < 4.78 is 38.7. The first-order chi connectivity index (χ1) is 9.32. The Balaban J connectivity index is 2.59. The second-order valence-corrected chi connectivity index (χ2v) is 3.72. The van der Waals surface area contributed by atoms with Crippen LogP contribution in [0.5, 0.6) is 0 Å². The van der Waals surface area contributed by atoms with Crippen LogP contribution in [0.4, 0.5) is 13.2 Å². The summed E-state index contributed by atoms with van der Waals surface area (Å²) in [7, 11) is 0. The third-order valence-corrected chi connectivity index (χ3v) is 2.37. The van der Waals surface area contributed by atoms with Gasteiger partial charge in [-0.3, -0.25) is 4.79 Å². The first-order valence-corrected chi connectivity index (χ1v) is 5.16. The summed E-state index contributed by atoms with van der Waals surface area (Å²) >= 11 is 0. The number of rotatable bonds is 2. The second-order valence-electron chi connectivity index (χ2n) is 3.72. The second kappa shape index (κ2) is 4.65. The molecule has 0 radical (unpaired) electrons. The van der Waals surface area contributed by atoms with Crippen molar-refractivity contribution in [3.05, 3.63) is 41.3 Å². The van der Waals surface area contributed by atoms with Crippen LogP contribution in [0.2, 0.25) is 0 Å². The fourth-order valence-corrected chi connectivity index (χ4v) is 1.43. The van der Waals surface area contributed by atoms with E-state index >= 15 is 0 Å². The highest BCUT2D eigenvalue weighted by atomic mass is 19.4. The molecule has 0 aliphatic rings. The summed E-state index contributed by atoms with van der Waals surface area (Å²) in [5, 5.41) is 12.6. The average molecular weight is 281 g/mol. The van der Waals surface area contributed by atoms with Gasteiger partial charge >= 0.3 is 6.18 Å². The van der Waals surface area contributed by atoms with E-state index in [0.717, 1.165) is 23.1 Å². The number of primary amides is 1. The lowest BCUT2D eigenvalue weighted by Gasteiger charge is -2.08. The van der Waals surface area contributed by atoms with Gasteiger partial charge in [-0.1, -0.05) is 0 Å². The Morgan fingerprint density at radius 3 is 2.60 bits per heavy atom. The highest BCUT2D eigenvalue weighted by Crippen LogP contribution is 2.28. The van der Waals surface area contributed by atoms with Crippen molar-refractivity contribution in [1.82, 2.24) is 14.8 Å². The fourth-order valence-electron chi connectivity index (χ4n) is 1.43. The van der Waals surface area contributed by atoms with E-state index in [1.165, 1.54) is 0 Å². The van der Waals surface area contributed by atoms with Gasteiger partial charge in [0.25, 0.3) is 5.91 Å². The number of hydrogen-bond donors (Lipinski definition) is 1. The smallest absolute Gasteiger partial charge is 0.366 e. The van der Waals surface area contributed by atoms with Crippen molar-refractivity contribution in [1.29, 1.82) is 5.26 Å². The minimum atomic E-state index is -4.65. The van der Waals surface area contributed by atoms with E-state index in [1.807, 2.05) is 0 Å². The Bertz CT molecular complexity index is 714. The van der Waals surface area contributed by atoms with Crippen molar-refractivity contribution in [2.75, 3.05) is 0 Å². The normalized spacial score (nSPS) is 11.1. The molecule has 2 aromatic rings. The van der Waals surface area contributed by atoms with Gasteiger partial charge in [0.1, 0.15) is 11.8 Å². The number of nitrogens with two attached hydrogens (primary N) is 1. The number of aromatic nitrogens is 3. The number of carbonyl (C=O) groups excluding carboxylic acids is 1. The van der Waals surface area contributed by atoms with Gasteiger partial charge in [0.15, 0.2) is 5.82 Å². The van der Waals surface area contributed by atoms with Gasteiger partial charge in [-0.2, -0.15) is 23.5 Å². The van der Waals surface area contributed by atoms with Gasteiger partial charge in [0.2, 0.25) is 0 Å². The molecule has 2 rings (SSSR count). The predicted molar refractivity (Wildman–Crippen MR) is 59.6 cm³/mol. The lowest BCUT2D eigenvalue weighted by atomic mass is 10.2. The predicted octanol–water partition coefficient (Wildman–Crippen LogP) is 1.26. The molecule has 0 saturated heterocycles. The zero-order valence-corrected chi connectivity index (χ0v) is 9.72. The number of carbonyl (C=O) groups is 1. The zero-order chi connectivity index (χ0) is 14.9. The Hall–Kier alpha value is -2.89. The molecule has 9 heteroatoms. The van der Waals surface area contributed by atoms with E-state index in [-0.39, 0.29) is 16.9 Å². The number of nitrogens with zero attached hydrogens (tertiary/aromatic N) is 4. The molecule has 0 aromatic carbocycles. The van der Waals surface area contributed by atoms with Gasteiger partial charge in [-0.05, 0) is 12.1 Å². The van der Waals surface area contributed by atoms with Crippen LogP contribution in [0, 0.1) is 11.3 Å². The van der Waals surface area contributed by atoms with E-state index in [1.54, 1.807) is 6.07 Å². The van der Waals surface area contributed by atoms with Crippen LogP contribution in [-0.4, -0.2) is 20.7 Å². The largest absolute Gasteiger partial charge is 0.433 e. The number of halogens is 3. The molecule has 0 fully saturated rings. The molecule has 2 aromatic heterocycles. The van der Waals surface area contributed by atoms with Crippen molar-refractivity contribution < 1.29 is 18.0 Å². The molecule has 2 N–H and O–H groups in total. The molecule has 0 unspecified atom stereocenters. The molecule has 0 aliphatic heterocycles. The third kappa shape index (κ3) is 2.44. The van der Waals surface area contributed by atoms with Crippen LogP contribution in [0.25, 0.3) is 5.82 Å². The van der Waals surface area contributed by atoms with Crippen LogP contribution in [0.1, 0.15) is 21.6 Å². The van der Waals surface area contributed by atoms with Gasteiger partial charge in [0.05, 0.1) is 17.3 Å². The number of hydrogen-bond acceptors (Lipinski definition) is 4. The molecule has 0 spiro atoms. The van der Waals surface area contributed by atoms with E-state index < -0.39 is 17.8 Å². The molecular weight excluding hydrogens is 275 g/mol. The van der Waals surface area contributed by atoms with Crippen LogP contribution in [0.3, 0.4) is 0 Å². The van der Waals surface area contributed by atoms with Crippen molar-refractivity contribution in [2.24, 2.45) is 5.73 Å². The molecule has 20 heavy (non-hydrogen) atoms. The van der Waals surface area contributed by atoms with Gasteiger partial charge in [-0.15, -0.1) is 0 Å². The standard InChI is InChI=1S/C11H6F3N5O/c12-11(13,14)8-2-1-6(3-15)10(18-8)19-5-7(4-17-19)9(16)20/h1-2,4-5H,(H2,16,20). The van der Waals surface area contributed by atoms with E-state index in [4.69, 9.17) is 11.0 Å². The van der Waals surface area contributed by atoms with Crippen molar-refractivity contribution in [2.45, 2.75) is 6.18 Å². The average Bonchev–Trinajstić information content (AvgIpc) is 2.86. The SMILES string of the molecule is N#Cc1ccc(C(F)(F)F)nc1-n1cc(C(N)=O)cn1. The minimum absolute atomic E-state index is 0.00639. The lowest BCUT2D eigenvalue weighted by Crippen LogP contribution is -2.12.